The van der Waals surface area contributed by atoms with Crippen LogP contribution >= 0.6 is 0 Å². The van der Waals surface area contributed by atoms with Crippen LogP contribution in [0.4, 0.5) is 0 Å². The van der Waals surface area contributed by atoms with Crippen LogP contribution in [0.5, 0.6) is 0 Å². The van der Waals surface area contributed by atoms with Gasteiger partial charge in [-0.25, -0.2) is 0 Å². The molecule has 0 aromatic heterocycles. The van der Waals surface area contributed by atoms with Gasteiger partial charge in [-0.3, -0.25) is 0 Å². The van der Waals surface area contributed by atoms with Crippen molar-refractivity contribution in [2.45, 2.75) is 38.9 Å². The molecule has 0 saturated heterocycles. The molecule has 0 saturated carbocycles. The highest BCUT2D eigenvalue weighted by molar-refractivity contribution is 5.01. The Labute approximate surface area is 98.6 Å². The van der Waals surface area contributed by atoms with Gasteiger partial charge in [0.05, 0.1) is 25.4 Å². The molecule has 90 valence electrons. The predicted octanol–water partition coefficient (Wildman–Crippen LogP) is 3.26. The normalized spacial score (nSPS) is 25.9. The minimum atomic E-state index is 0.262. The van der Waals surface area contributed by atoms with Crippen LogP contribution in [-0.2, 0) is 9.47 Å². The maximum atomic E-state index is 5.65. The summed E-state index contributed by atoms with van der Waals surface area (Å²) in [4.78, 5) is 0. The molecule has 0 aliphatic heterocycles. The van der Waals surface area contributed by atoms with Gasteiger partial charge in [0.2, 0.25) is 0 Å². The van der Waals surface area contributed by atoms with Gasteiger partial charge in [-0.05, 0) is 26.7 Å². The third-order valence-electron chi connectivity index (χ3n) is 2.56. The lowest BCUT2D eigenvalue weighted by atomic mass is 10.0. The summed E-state index contributed by atoms with van der Waals surface area (Å²) in [6, 6.07) is 0. The Morgan fingerprint density at radius 2 is 1.38 bits per heavy atom. The van der Waals surface area contributed by atoms with Crippen LogP contribution < -0.4 is 0 Å². The van der Waals surface area contributed by atoms with E-state index in [4.69, 9.17) is 9.47 Å². The molecular formula is C14H22O2. The molecule has 0 aromatic rings. The van der Waals surface area contributed by atoms with Gasteiger partial charge in [0.15, 0.2) is 0 Å². The molecule has 1 rings (SSSR count). The van der Waals surface area contributed by atoms with E-state index in [1.54, 1.807) is 0 Å². The fraction of sp³-hybridized carbons (Fsp3) is 0.571. The zero-order valence-electron chi connectivity index (χ0n) is 10.3. The number of ether oxygens (including phenoxy) is 2. The topological polar surface area (TPSA) is 18.5 Å². The van der Waals surface area contributed by atoms with Crippen molar-refractivity contribution in [2.24, 2.45) is 0 Å². The standard InChI is InChI=1S/C14H22O2/c1-3-5-11-15-13-7-9-14(10-8-13)16-12-6-4-2/h3-7,9,13-14H,8,10-12H2,1-2H3/b5-3+,6-4+/t13-,14+. The Kier molecular flexibility index (Phi) is 6.86. The fourth-order valence-corrected chi connectivity index (χ4v) is 1.60. The van der Waals surface area contributed by atoms with E-state index in [0.29, 0.717) is 13.2 Å². The first-order valence-electron chi connectivity index (χ1n) is 6.00. The average molecular weight is 222 g/mol. The van der Waals surface area contributed by atoms with Crippen LogP contribution in [-0.4, -0.2) is 25.4 Å². The van der Waals surface area contributed by atoms with Crippen LogP contribution in [0, 0.1) is 0 Å². The third kappa shape index (κ3) is 5.29. The van der Waals surface area contributed by atoms with Gasteiger partial charge >= 0.3 is 0 Å². The Morgan fingerprint density at radius 1 is 0.938 bits per heavy atom. The molecule has 0 radical (unpaired) electrons. The second kappa shape index (κ2) is 8.31. The molecule has 0 N–H and O–H groups in total. The first kappa shape index (κ1) is 13.2. The van der Waals surface area contributed by atoms with E-state index in [1.807, 2.05) is 38.2 Å². The highest BCUT2D eigenvalue weighted by atomic mass is 16.5. The highest BCUT2D eigenvalue weighted by Gasteiger charge is 2.15. The molecule has 0 heterocycles. The van der Waals surface area contributed by atoms with Crippen molar-refractivity contribution in [1.29, 1.82) is 0 Å². The number of hydrogen-bond acceptors (Lipinski definition) is 2. The number of allylic oxidation sites excluding steroid dienone is 2. The van der Waals surface area contributed by atoms with Crippen LogP contribution in [0.25, 0.3) is 0 Å². The van der Waals surface area contributed by atoms with Crippen LogP contribution in [0.2, 0.25) is 0 Å². The molecule has 16 heavy (non-hydrogen) atoms. The van der Waals surface area contributed by atoms with Gasteiger partial charge in [-0.2, -0.15) is 0 Å². The molecule has 2 nitrogen and oxygen atoms in total. The zero-order valence-corrected chi connectivity index (χ0v) is 10.3. The van der Waals surface area contributed by atoms with Crippen molar-refractivity contribution in [3.05, 3.63) is 36.5 Å². The summed E-state index contributed by atoms with van der Waals surface area (Å²) < 4.78 is 11.3. The molecule has 0 amide bonds. The quantitative estimate of drug-likeness (QED) is 0.642. The summed E-state index contributed by atoms with van der Waals surface area (Å²) in [6.45, 7) is 5.42. The Bertz CT molecular complexity index is 227. The van der Waals surface area contributed by atoms with E-state index in [9.17, 15) is 0 Å². The van der Waals surface area contributed by atoms with Gasteiger partial charge in [-0.15, -0.1) is 0 Å². The first-order valence-corrected chi connectivity index (χ1v) is 6.00. The summed E-state index contributed by atoms with van der Waals surface area (Å²) in [6.07, 6.45) is 14.9. The van der Waals surface area contributed by atoms with Gasteiger partial charge < -0.3 is 9.47 Å². The lowest BCUT2D eigenvalue weighted by Gasteiger charge is -2.22. The fourth-order valence-electron chi connectivity index (χ4n) is 1.60. The summed E-state index contributed by atoms with van der Waals surface area (Å²) >= 11 is 0. The molecule has 0 bridgehead atoms. The smallest absolute Gasteiger partial charge is 0.0762 e. The molecule has 1 aliphatic carbocycles. The number of hydrogen-bond donors (Lipinski definition) is 0. The van der Waals surface area contributed by atoms with Crippen molar-refractivity contribution in [1.82, 2.24) is 0 Å². The van der Waals surface area contributed by atoms with Crippen molar-refractivity contribution < 1.29 is 9.47 Å². The molecule has 0 unspecified atom stereocenters. The van der Waals surface area contributed by atoms with E-state index < -0.39 is 0 Å². The first-order chi connectivity index (χ1) is 7.86. The maximum absolute atomic E-state index is 5.65. The van der Waals surface area contributed by atoms with Gasteiger partial charge in [0.1, 0.15) is 0 Å². The van der Waals surface area contributed by atoms with Crippen LogP contribution in [0.1, 0.15) is 26.7 Å². The second-order valence-corrected chi connectivity index (χ2v) is 3.84. The molecule has 2 heteroatoms. The maximum Gasteiger partial charge on any atom is 0.0762 e. The lowest BCUT2D eigenvalue weighted by Crippen LogP contribution is -2.21. The summed E-state index contributed by atoms with van der Waals surface area (Å²) in [5.41, 5.74) is 0. The zero-order chi connectivity index (χ0) is 11.6. The SMILES string of the molecule is C/C=C/CO[C@@H]1C=C[C@H](OC/C=C/C)CC1. The summed E-state index contributed by atoms with van der Waals surface area (Å²) in [7, 11) is 0. The van der Waals surface area contributed by atoms with Crippen molar-refractivity contribution >= 4 is 0 Å². The molecular weight excluding hydrogens is 200 g/mol. The molecule has 0 spiro atoms. The van der Waals surface area contributed by atoms with Crippen LogP contribution in [0.3, 0.4) is 0 Å². The van der Waals surface area contributed by atoms with Crippen LogP contribution in [0.15, 0.2) is 36.5 Å². The summed E-state index contributed by atoms with van der Waals surface area (Å²) in [5, 5.41) is 0. The van der Waals surface area contributed by atoms with E-state index in [-0.39, 0.29) is 12.2 Å². The molecule has 0 aromatic carbocycles. The van der Waals surface area contributed by atoms with Gasteiger partial charge in [0, 0.05) is 0 Å². The third-order valence-corrected chi connectivity index (χ3v) is 2.56. The van der Waals surface area contributed by atoms with E-state index in [0.717, 1.165) is 12.8 Å². The van der Waals surface area contributed by atoms with Crippen molar-refractivity contribution in [2.75, 3.05) is 13.2 Å². The number of rotatable bonds is 6. The second-order valence-electron chi connectivity index (χ2n) is 3.84. The summed E-state index contributed by atoms with van der Waals surface area (Å²) in [5.74, 6) is 0. The van der Waals surface area contributed by atoms with Crippen molar-refractivity contribution in [3.63, 3.8) is 0 Å². The average Bonchev–Trinajstić information content (AvgIpc) is 2.32. The Hall–Kier alpha value is -0.860. The monoisotopic (exact) mass is 222 g/mol. The molecule has 0 fully saturated rings. The highest BCUT2D eigenvalue weighted by Crippen LogP contribution is 2.16. The predicted molar refractivity (Wildman–Crippen MR) is 67.5 cm³/mol. The van der Waals surface area contributed by atoms with Gasteiger partial charge in [-0.1, -0.05) is 36.5 Å². The minimum absolute atomic E-state index is 0.262. The molecule has 2 atom stereocenters. The van der Waals surface area contributed by atoms with Gasteiger partial charge in [0.25, 0.3) is 0 Å². The van der Waals surface area contributed by atoms with E-state index in [1.165, 1.54) is 0 Å². The largest absolute Gasteiger partial charge is 0.370 e. The van der Waals surface area contributed by atoms with E-state index in [2.05, 4.69) is 12.2 Å². The molecule has 1 aliphatic rings. The lowest BCUT2D eigenvalue weighted by molar-refractivity contribution is 0.0534. The Balaban J connectivity index is 2.20. The van der Waals surface area contributed by atoms with Crippen molar-refractivity contribution in [3.8, 4) is 0 Å². The van der Waals surface area contributed by atoms with E-state index >= 15 is 0 Å². The Morgan fingerprint density at radius 3 is 1.69 bits per heavy atom. The minimum Gasteiger partial charge on any atom is -0.370 e.